The molecule has 2 rings (SSSR count). The first-order valence-electron chi connectivity index (χ1n) is 6.16. The molecule has 5 heteroatoms. The first-order chi connectivity index (χ1) is 9.97. The largest absolute Gasteiger partial charge is 0.416 e. The second kappa shape index (κ2) is 6.26. The fourth-order valence-electron chi connectivity index (χ4n) is 1.70. The summed E-state index contributed by atoms with van der Waals surface area (Å²) in [6, 6.07) is 13.4. The highest BCUT2D eigenvalue weighted by Crippen LogP contribution is 2.30. The Labute approximate surface area is 119 Å². The van der Waals surface area contributed by atoms with Crippen LogP contribution in [0.3, 0.4) is 0 Å². The van der Waals surface area contributed by atoms with Crippen LogP contribution in [-0.4, -0.2) is 5.78 Å². The molecule has 2 aromatic rings. The summed E-state index contributed by atoms with van der Waals surface area (Å²) in [7, 11) is 0. The van der Waals surface area contributed by atoms with E-state index in [1.807, 2.05) is 0 Å². The monoisotopic (exact) mass is 291 g/mol. The van der Waals surface area contributed by atoms with Crippen molar-refractivity contribution in [1.82, 2.24) is 0 Å². The highest BCUT2D eigenvalue weighted by Gasteiger charge is 2.30. The number of carbonyl (C=O) groups is 1. The molecular formula is C16H12F3NO. The summed E-state index contributed by atoms with van der Waals surface area (Å²) in [6.45, 7) is 0. The Hall–Kier alpha value is -2.56. The highest BCUT2D eigenvalue weighted by atomic mass is 19.4. The molecule has 0 saturated heterocycles. The van der Waals surface area contributed by atoms with E-state index in [4.69, 9.17) is 0 Å². The summed E-state index contributed by atoms with van der Waals surface area (Å²) >= 11 is 0. The van der Waals surface area contributed by atoms with Crippen LogP contribution in [0.5, 0.6) is 0 Å². The zero-order valence-corrected chi connectivity index (χ0v) is 10.9. The Bertz CT molecular complexity index is 648. The summed E-state index contributed by atoms with van der Waals surface area (Å²) in [5, 5.41) is 2.66. The van der Waals surface area contributed by atoms with Gasteiger partial charge in [0, 0.05) is 23.5 Å². The van der Waals surface area contributed by atoms with E-state index in [2.05, 4.69) is 5.32 Å². The number of halogens is 3. The Morgan fingerprint density at radius 1 is 1.00 bits per heavy atom. The predicted octanol–water partition coefficient (Wildman–Crippen LogP) is 4.51. The fraction of sp³-hybridized carbons (Fsp3) is 0.0625. The molecule has 0 atom stereocenters. The first-order valence-corrected chi connectivity index (χ1v) is 6.16. The van der Waals surface area contributed by atoms with Gasteiger partial charge < -0.3 is 5.32 Å². The molecule has 0 aliphatic rings. The van der Waals surface area contributed by atoms with Crippen LogP contribution < -0.4 is 5.32 Å². The van der Waals surface area contributed by atoms with E-state index >= 15 is 0 Å². The molecule has 2 nitrogen and oxygen atoms in total. The molecule has 108 valence electrons. The van der Waals surface area contributed by atoms with E-state index in [1.54, 1.807) is 30.3 Å². The third kappa shape index (κ3) is 4.21. The van der Waals surface area contributed by atoms with Gasteiger partial charge in [-0.05, 0) is 18.2 Å². The highest BCUT2D eigenvalue weighted by molar-refractivity contribution is 6.04. The molecule has 0 fully saturated rings. The number of anilines is 1. The van der Waals surface area contributed by atoms with Gasteiger partial charge in [-0.15, -0.1) is 0 Å². The van der Waals surface area contributed by atoms with Gasteiger partial charge in [-0.2, -0.15) is 13.2 Å². The molecule has 0 spiro atoms. The zero-order chi connectivity index (χ0) is 15.3. The van der Waals surface area contributed by atoms with Crippen molar-refractivity contribution in [2.75, 3.05) is 5.32 Å². The average molecular weight is 291 g/mol. The molecule has 21 heavy (non-hydrogen) atoms. The van der Waals surface area contributed by atoms with Crippen LogP contribution in [0.1, 0.15) is 15.9 Å². The molecule has 0 aliphatic heterocycles. The summed E-state index contributed by atoms with van der Waals surface area (Å²) in [6.07, 6.45) is -1.79. The van der Waals surface area contributed by atoms with Crippen LogP contribution in [0, 0.1) is 0 Å². The van der Waals surface area contributed by atoms with Gasteiger partial charge in [0.05, 0.1) is 5.56 Å². The van der Waals surface area contributed by atoms with Crippen LogP contribution in [0.4, 0.5) is 18.9 Å². The number of alkyl halides is 3. The molecule has 1 N–H and O–H groups in total. The van der Waals surface area contributed by atoms with Gasteiger partial charge in [0.2, 0.25) is 0 Å². The molecule has 0 heterocycles. The summed E-state index contributed by atoms with van der Waals surface area (Å²) < 4.78 is 37.6. The van der Waals surface area contributed by atoms with Gasteiger partial charge in [-0.25, -0.2) is 0 Å². The van der Waals surface area contributed by atoms with Crippen molar-refractivity contribution >= 4 is 11.5 Å². The summed E-state index contributed by atoms with van der Waals surface area (Å²) in [4.78, 5) is 11.8. The van der Waals surface area contributed by atoms with Gasteiger partial charge in [-0.1, -0.05) is 36.4 Å². The van der Waals surface area contributed by atoms with Crippen molar-refractivity contribution < 1.29 is 18.0 Å². The second-order valence-corrected chi connectivity index (χ2v) is 4.29. The normalized spacial score (nSPS) is 11.6. The lowest BCUT2D eigenvalue weighted by molar-refractivity contribution is -0.137. The molecule has 0 aromatic heterocycles. The molecule has 0 saturated carbocycles. The minimum Gasteiger partial charge on any atom is -0.362 e. The van der Waals surface area contributed by atoms with Crippen molar-refractivity contribution in [3.8, 4) is 0 Å². The standard InChI is InChI=1S/C16H12F3NO/c17-16(18,19)13-7-4-8-14(11-13)20-10-9-15(21)12-5-2-1-3-6-12/h1-11,20H. The number of carbonyl (C=O) groups excluding carboxylic acids is 1. The lowest BCUT2D eigenvalue weighted by atomic mass is 10.1. The molecule has 0 amide bonds. The number of hydrogen-bond donors (Lipinski definition) is 1. The number of rotatable bonds is 4. The molecule has 0 radical (unpaired) electrons. The number of benzene rings is 2. The van der Waals surface area contributed by atoms with Crippen LogP contribution in [0.15, 0.2) is 66.9 Å². The van der Waals surface area contributed by atoms with E-state index < -0.39 is 11.7 Å². The lowest BCUT2D eigenvalue weighted by Gasteiger charge is -2.08. The second-order valence-electron chi connectivity index (χ2n) is 4.29. The summed E-state index contributed by atoms with van der Waals surface area (Å²) in [5.41, 5.74) is 0.0387. The maximum absolute atomic E-state index is 12.5. The maximum Gasteiger partial charge on any atom is 0.416 e. The summed E-state index contributed by atoms with van der Waals surface area (Å²) in [5.74, 6) is -0.227. The Kier molecular flexibility index (Phi) is 4.42. The Balaban J connectivity index is 2.03. The van der Waals surface area contributed by atoms with Crippen molar-refractivity contribution in [1.29, 1.82) is 0 Å². The van der Waals surface area contributed by atoms with Gasteiger partial charge >= 0.3 is 6.18 Å². The fourth-order valence-corrected chi connectivity index (χ4v) is 1.70. The Morgan fingerprint density at radius 2 is 1.71 bits per heavy atom. The van der Waals surface area contributed by atoms with E-state index in [1.165, 1.54) is 24.4 Å². The molecule has 0 bridgehead atoms. The minimum atomic E-state index is -4.39. The van der Waals surface area contributed by atoms with Gasteiger partial charge in [0.15, 0.2) is 5.78 Å². The zero-order valence-electron chi connectivity index (χ0n) is 10.9. The first kappa shape index (κ1) is 14.8. The van der Waals surface area contributed by atoms with E-state index in [0.29, 0.717) is 5.56 Å². The van der Waals surface area contributed by atoms with Gasteiger partial charge in [0.1, 0.15) is 0 Å². The molecule has 2 aromatic carbocycles. The van der Waals surface area contributed by atoms with Crippen LogP contribution in [0.25, 0.3) is 0 Å². The Morgan fingerprint density at radius 3 is 2.38 bits per heavy atom. The van der Waals surface area contributed by atoms with E-state index in [9.17, 15) is 18.0 Å². The minimum absolute atomic E-state index is 0.227. The maximum atomic E-state index is 12.5. The van der Waals surface area contributed by atoms with E-state index in [-0.39, 0.29) is 11.5 Å². The van der Waals surface area contributed by atoms with Crippen molar-refractivity contribution in [2.45, 2.75) is 6.18 Å². The molecular weight excluding hydrogens is 279 g/mol. The lowest BCUT2D eigenvalue weighted by Crippen LogP contribution is -2.05. The number of hydrogen-bond acceptors (Lipinski definition) is 2. The van der Waals surface area contributed by atoms with Crippen molar-refractivity contribution in [3.05, 3.63) is 78.0 Å². The third-order valence-electron chi connectivity index (χ3n) is 2.73. The quantitative estimate of drug-likeness (QED) is 0.663. The smallest absolute Gasteiger partial charge is 0.362 e. The number of nitrogens with one attached hydrogen (secondary N) is 1. The van der Waals surface area contributed by atoms with Crippen molar-refractivity contribution in [2.24, 2.45) is 0 Å². The number of ketones is 1. The van der Waals surface area contributed by atoms with Crippen LogP contribution in [-0.2, 0) is 6.18 Å². The molecule has 0 aliphatic carbocycles. The third-order valence-corrected chi connectivity index (χ3v) is 2.73. The van der Waals surface area contributed by atoms with Crippen molar-refractivity contribution in [3.63, 3.8) is 0 Å². The van der Waals surface area contributed by atoms with Gasteiger partial charge in [-0.3, -0.25) is 4.79 Å². The van der Waals surface area contributed by atoms with Crippen LogP contribution >= 0.6 is 0 Å². The molecule has 0 unspecified atom stereocenters. The SMILES string of the molecule is O=C(C=CNc1cccc(C(F)(F)F)c1)c1ccccc1. The average Bonchev–Trinajstić information content (AvgIpc) is 2.47. The van der Waals surface area contributed by atoms with Crippen LogP contribution in [0.2, 0.25) is 0 Å². The topological polar surface area (TPSA) is 29.1 Å². The number of allylic oxidation sites excluding steroid dienone is 1. The van der Waals surface area contributed by atoms with E-state index in [0.717, 1.165) is 12.1 Å². The van der Waals surface area contributed by atoms with Gasteiger partial charge in [0.25, 0.3) is 0 Å². The predicted molar refractivity (Wildman–Crippen MR) is 75.0 cm³/mol.